The van der Waals surface area contributed by atoms with Crippen LogP contribution in [0.3, 0.4) is 0 Å². The van der Waals surface area contributed by atoms with Crippen molar-refractivity contribution in [3.05, 3.63) is 58.2 Å². The molecule has 0 spiro atoms. The number of carbonyl (C=O) groups excluding carboxylic acids is 2. The minimum atomic E-state index is -4.16. The number of hydrogen-bond donors (Lipinski definition) is 0. The zero-order chi connectivity index (χ0) is 25.4. The Labute approximate surface area is 208 Å². The number of benzene rings is 2. The first-order valence-electron chi connectivity index (χ1n) is 10.3. The highest BCUT2D eigenvalue weighted by atomic mass is 35.5. The highest BCUT2D eigenvalue weighted by Gasteiger charge is 2.36. The predicted octanol–water partition coefficient (Wildman–Crippen LogP) is 5.73. The summed E-state index contributed by atoms with van der Waals surface area (Å²) >= 11 is 12.7. The highest BCUT2D eigenvalue weighted by molar-refractivity contribution is 7.92. The quantitative estimate of drug-likeness (QED) is 0.393. The van der Waals surface area contributed by atoms with Gasteiger partial charge in [0.25, 0.3) is 10.0 Å². The topological polar surface area (TPSA) is 94.9 Å². The van der Waals surface area contributed by atoms with Crippen molar-refractivity contribution in [2.75, 3.05) is 18.0 Å². The summed E-state index contributed by atoms with van der Waals surface area (Å²) in [5.41, 5.74) is -1.30. The third kappa shape index (κ3) is 4.87. The van der Waals surface area contributed by atoms with Gasteiger partial charge in [-0.15, -0.1) is 0 Å². The zero-order valence-corrected chi connectivity index (χ0v) is 21.6. The average Bonchev–Trinajstić information content (AvgIpc) is 3.08. The van der Waals surface area contributed by atoms with Crippen LogP contribution in [0.25, 0.3) is 10.9 Å². The van der Waals surface area contributed by atoms with E-state index in [4.69, 9.17) is 32.7 Å². The van der Waals surface area contributed by atoms with E-state index in [1.54, 1.807) is 45.9 Å². The monoisotopic (exact) mass is 526 g/mol. The molecule has 0 aliphatic carbocycles. The minimum absolute atomic E-state index is 0.0161. The molecule has 0 aliphatic heterocycles. The second-order valence-electron chi connectivity index (χ2n) is 8.30. The van der Waals surface area contributed by atoms with Crippen LogP contribution in [0.1, 0.15) is 38.2 Å². The molecule has 1 aromatic heterocycles. The number of fused-ring (bicyclic) bond motifs is 1. The number of sulfonamides is 1. The Morgan fingerprint density at radius 3 is 2.26 bits per heavy atom. The molecule has 3 rings (SSSR count). The molecule has 11 heteroatoms. The molecule has 0 N–H and O–H groups in total. The standard InChI is InChI=1S/C23H24Cl2N2O6S/c1-6-32-21(28)20-19(26(5)34(30,31)15-10-8-7-9-11-15)18-16(25)12-14(24)13-17(18)27(20)22(29)33-23(2,3)4/h7-13H,6H2,1-5H3. The van der Waals surface area contributed by atoms with Crippen LogP contribution in [0, 0.1) is 0 Å². The lowest BCUT2D eigenvalue weighted by atomic mass is 10.2. The van der Waals surface area contributed by atoms with Crippen LogP contribution >= 0.6 is 23.2 Å². The first-order chi connectivity index (χ1) is 15.8. The third-order valence-electron chi connectivity index (χ3n) is 4.72. The van der Waals surface area contributed by atoms with E-state index in [0.717, 1.165) is 8.87 Å². The molecule has 0 bridgehead atoms. The van der Waals surface area contributed by atoms with Gasteiger partial charge in [0.2, 0.25) is 0 Å². The molecule has 0 saturated heterocycles. The Hall–Kier alpha value is -2.75. The summed E-state index contributed by atoms with van der Waals surface area (Å²) in [7, 11) is -2.89. The number of ether oxygens (including phenoxy) is 2. The van der Waals surface area contributed by atoms with Gasteiger partial charge in [0, 0.05) is 17.5 Å². The van der Waals surface area contributed by atoms with Crippen LogP contribution in [0.2, 0.25) is 10.0 Å². The van der Waals surface area contributed by atoms with Gasteiger partial charge in [-0.05, 0) is 52.0 Å². The fourth-order valence-electron chi connectivity index (χ4n) is 3.38. The summed E-state index contributed by atoms with van der Waals surface area (Å²) in [5, 5.41) is 0.345. The van der Waals surface area contributed by atoms with Crippen LogP contribution in [-0.4, -0.2) is 44.3 Å². The van der Waals surface area contributed by atoms with Crippen LogP contribution in [0.4, 0.5) is 10.5 Å². The molecule has 0 amide bonds. The highest BCUT2D eigenvalue weighted by Crippen LogP contribution is 2.42. The zero-order valence-electron chi connectivity index (χ0n) is 19.3. The molecule has 0 radical (unpaired) electrons. The van der Waals surface area contributed by atoms with E-state index in [2.05, 4.69) is 0 Å². The molecular formula is C23H24Cl2N2O6S. The molecule has 0 saturated carbocycles. The van der Waals surface area contributed by atoms with Crippen LogP contribution in [-0.2, 0) is 19.5 Å². The van der Waals surface area contributed by atoms with Gasteiger partial charge in [0.1, 0.15) is 5.60 Å². The van der Waals surface area contributed by atoms with E-state index in [0.29, 0.717) is 0 Å². The lowest BCUT2D eigenvalue weighted by Crippen LogP contribution is -2.31. The largest absolute Gasteiger partial charge is 0.461 e. The molecule has 1 heterocycles. The number of carbonyl (C=O) groups is 2. The summed E-state index contributed by atoms with van der Waals surface area (Å²) < 4.78 is 39.5. The van der Waals surface area contributed by atoms with Crippen molar-refractivity contribution in [1.29, 1.82) is 0 Å². The maximum atomic E-state index is 13.5. The van der Waals surface area contributed by atoms with E-state index < -0.39 is 27.7 Å². The van der Waals surface area contributed by atoms with E-state index in [1.807, 2.05) is 0 Å². The maximum Gasteiger partial charge on any atom is 0.419 e. The number of esters is 1. The Morgan fingerprint density at radius 2 is 1.71 bits per heavy atom. The lowest BCUT2D eigenvalue weighted by Gasteiger charge is -2.22. The average molecular weight is 527 g/mol. The van der Waals surface area contributed by atoms with Gasteiger partial charge in [-0.2, -0.15) is 0 Å². The van der Waals surface area contributed by atoms with Crippen LogP contribution in [0.5, 0.6) is 0 Å². The first kappa shape index (κ1) is 25.9. The second-order valence-corrected chi connectivity index (χ2v) is 11.1. The van der Waals surface area contributed by atoms with Gasteiger partial charge in [-0.1, -0.05) is 41.4 Å². The third-order valence-corrected chi connectivity index (χ3v) is 7.01. The van der Waals surface area contributed by atoms with Gasteiger partial charge in [-0.25, -0.2) is 22.6 Å². The summed E-state index contributed by atoms with van der Waals surface area (Å²) in [6, 6.07) is 10.5. The van der Waals surface area contributed by atoms with Crippen LogP contribution < -0.4 is 4.31 Å². The number of hydrogen-bond acceptors (Lipinski definition) is 6. The SMILES string of the molecule is CCOC(=O)c1c(N(C)S(=O)(=O)c2ccccc2)c2c(Cl)cc(Cl)cc2n1C(=O)OC(C)(C)C. The molecule has 3 aromatic rings. The van der Waals surface area contributed by atoms with Gasteiger partial charge < -0.3 is 9.47 Å². The van der Waals surface area contributed by atoms with Gasteiger partial charge >= 0.3 is 12.1 Å². The van der Waals surface area contributed by atoms with E-state index in [9.17, 15) is 18.0 Å². The van der Waals surface area contributed by atoms with Crippen molar-refractivity contribution in [3.63, 3.8) is 0 Å². The van der Waals surface area contributed by atoms with Crippen molar-refractivity contribution >= 4 is 61.9 Å². The van der Waals surface area contributed by atoms with Gasteiger partial charge in [0.15, 0.2) is 5.69 Å². The second kappa shape index (κ2) is 9.48. The summed E-state index contributed by atoms with van der Waals surface area (Å²) in [6.45, 7) is 6.55. The smallest absolute Gasteiger partial charge is 0.419 e. The molecule has 0 fully saturated rings. The van der Waals surface area contributed by atoms with Crippen molar-refractivity contribution in [1.82, 2.24) is 4.57 Å². The minimum Gasteiger partial charge on any atom is -0.461 e. The summed E-state index contributed by atoms with van der Waals surface area (Å²) in [5.74, 6) is -0.929. The van der Waals surface area contributed by atoms with Crippen molar-refractivity contribution in [2.24, 2.45) is 0 Å². The molecule has 0 aliphatic rings. The van der Waals surface area contributed by atoms with Crippen LogP contribution in [0.15, 0.2) is 47.4 Å². The Balaban J connectivity index is 2.44. The van der Waals surface area contributed by atoms with E-state index in [1.165, 1.54) is 31.3 Å². The number of anilines is 1. The fraction of sp³-hybridized carbons (Fsp3) is 0.304. The molecule has 0 unspecified atom stereocenters. The summed E-state index contributed by atoms with van der Waals surface area (Å²) in [4.78, 5) is 26.4. The molecule has 182 valence electrons. The normalized spacial score (nSPS) is 12.0. The van der Waals surface area contributed by atoms with Crippen molar-refractivity contribution in [2.45, 2.75) is 38.2 Å². The number of rotatable bonds is 5. The Bertz CT molecular complexity index is 1360. The van der Waals surface area contributed by atoms with Gasteiger partial charge in [0.05, 0.1) is 27.7 Å². The van der Waals surface area contributed by atoms with E-state index >= 15 is 0 Å². The number of halogens is 2. The number of nitrogens with zero attached hydrogens (tertiary/aromatic N) is 2. The molecule has 2 aromatic carbocycles. The maximum absolute atomic E-state index is 13.5. The molecular weight excluding hydrogens is 503 g/mol. The molecule has 34 heavy (non-hydrogen) atoms. The number of aromatic nitrogens is 1. The Morgan fingerprint density at radius 1 is 1.09 bits per heavy atom. The lowest BCUT2D eigenvalue weighted by molar-refractivity contribution is 0.0455. The summed E-state index contributed by atoms with van der Waals surface area (Å²) in [6.07, 6.45) is -0.921. The Kier molecular flexibility index (Phi) is 7.21. The van der Waals surface area contributed by atoms with Crippen molar-refractivity contribution in [3.8, 4) is 0 Å². The first-order valence-corrected chi connectivity index (χ1v) is 12.5. The van der Waals surface area contributed by atoms with E-state index in [-0.39, 0.29) is 43.8 Å². The molecule has 8 nitrogen and oxygen atoms in total. The van der Waals surface area contributed by atoms with Crippen molar-refractivity contribution < 1.29 is 27.5 Å². The predicted molar refractivity (Wildman–Crippen MR) is 132 cm³/mol. The van der Waals surface area contributed by atoms with Gasteiger partial charge in [-0.3, -0.25) is 4.31 Å². The fourth-order valence-corrected chi connectivity index (χ4v) is 5.19. The molecule has 0 atom stereocenters.